The average molecular weight is 346 g/mol. The molecule has 0 unspecified atom stereocenters. The maximum atomic E-state index is 12.2. The van der Waals surface area contributed by atoms with E-state index in [1.807, 2.05) is 24.3 Å². The van der Waals surface area contributed by atoms with Gasteiger partial charge in [0.1, 0.15) is 0 Å². The summed E-state index contributed by atoms with van der Waals surface area (Å²) in [7, 11) is 1.60. The minimum absolute atomic E-state index is 0.0304. The van der Waals surface area contributed by atoms with Gasteiger partial charge in [0.25, 0.3) is 5.91 Å². The number of methoxy groups -OCH3 is 1. The van der Waals surface area contributed by atoms with E-state index in [1.165, 1.54) is 32.2 Å². The molecule has 5 nitrogen and oxygen atoms in total. The van der Waals surface area contributed by atoms with Crippen molar-refractivity contribution in [3.63, 3.8) is 0 Å². The van der Waals surface area contributed by atoms with Crippen molar-refractivity contribution in [3.05, 3.63) is 24.3 Å². The molecule has 1 amide bonds. The molecule has 2 aliphatic rings. The van der Waals surface area contributed by atoms with Crippen molar-refractivity contribution >= 4 is 5.91 Å². The minimum Gasteiger partial charge on any atom is -0.493 e. The molecule has 1 N–H and O–H groups in total. The molecule has 0 aromatic heterocycles. The standard InChI is InChI=1S/C20H30N2O3/c1-24-18-8-4-5-9-19(18)25-15-20(23)21-17-10-12-22(13-11-17)14-16-6-2-3-7-16/h4-5,8-9,16-17H,2-3,6-7,10-15H2,1H3,(H,21,23). The minimum atomic E-state index is -0.0554. The number of hydrogen-bond acceptors (Lipinski definition) is 4. The zero-order valence-corrected chi connectivity index (χ0v) is 15.2. The summed E-state index contributed by atoms with van der Waals surface area (Å²) < 4.78 is 10.8. The van der Waals surface area contributed by atoms with Crippen molar-refractivity contribution in [2.75, 3.05) is 33.4 Å². The van der Waals surface area contributed by atoms with E-state index in [-0.39, 0.29) is 18.6 Å². The number of para-hydroxylation sites is 2. The highest BCUT2D eigenvalue weighted by atomic mass is 16.5. The lowest BCUT2D eigenvalue weighted by Gasteiger charge is -2.33. The van der Waals surface area contributed by atoms with Gasteiger partial charge < -0.3 is 19.7 Å². The lowest BCUT2D eigenvalue weighted by molar-refractivity contribution is -0.124. The van der Waals surface area contributed by atoms with E-state index in [0.29, 0.717) is 11.5 Å². The topological polar surface area (TPSA) is 50.8 Å². The van der Waals surface area contributed by atoms with E-state index in [0.717, 1.165) is 31.8 Å². The number of rotatable bonds is 7. The van der Waals surface area contributed by atoms with E-state index in [4.69, 9.17) is 9.47 Å². The number of nitrogens with zero attached hydrogens (tertiary/aromatic N) is 1. The third-order valence-electron chi connectivity index (χ3n) is 5.37. The van der Waals surface area contributed by atoms with Crippen molar-refractivity contribution in [1.29, 1.82) is 0 Å². The summed E-state index contributed by atoms with van der Waals surface area (Å²) in [5.74, 6) is 2.10. The molecule has 1 aliphatic heterocycles. The normalized spacial score (nSPS) is 19.7. The van der Waals surface area contributed by atoms with Crippen LogP contribution in [-0.2, 0) is 4.79 Å². The monoisotopic (exact) mass is 346 g/mol. The van der Waals surface area contributed by atoms with Crippen LogP contribution in [0, 0.1) is 5.92 Å². The summed E-state index contributed by atoms with van der Waals surface area (Å²) >= 11 is 0. The smallest absolute Gasteiger partial charge is 0.258 e. The van der Waals surface area contributed by atoms with Gasteiger partial charge in [-0.15, -0.1) is 0 Å². The second kappa shape index (κ2) is 9.09. The van der Waals surface area contributed by atoms with Crippen LogP contribution in [-0.4, -0.2) is 50.2 Å². The molecule has 1 aliphatic carbocycles. The van der Waals surface area contributed by atoms with Crippen LogP contribution in [0.1, 0.15) is 38.5 Å². The number of carbonyl (C=O) groups excluding carboxylic acids is 1. The zero-order valence-electron chi connectivity index (χ0n) is 15.2. The van der Waals surface area contributed by atoms with Crippen LogP contribution >= 0.6 is 0 Å². The quantitative estimate of drug-likeness (QED) is 0.825. The summed E-state index contributed by atoms with van der Waals surface area (Å²) in [6.45, 7) is 3.46. The molecular weight excluding hydrogens is 316 g/mol. The SMILES string of the molecule is COc1ccccc1OCC(=O)NC1CCN(CC2CCCC2)CC1. The third kappa shape index (κ3) is 5.36. The number of ether oxygens (including phenoxy) is 2. The van der Waals surface area contributed by atoms with Crippen molar-refractivity contribution in [2.45, 2.75) is 44.6 Å². The summed E-state index contributed by atoms with van der Waals surface area (Å²) in [6, 6.07) is 7.66. The lowest BCUT2D eigenvalue weighted by atomic mass is 10.0. The van der Waals surface area contributed by atoms with E-state index in [2.05, 4.69) is 10.2 Å². The second-order valence-corrected chi connectivity index (χ2v) is 7.23. The molecule has 3 rings (SSSR count). The van der Waals surface area contributed by atoms with Crippen LogP contribution in [0.5, 0.6) is 11.5 Å². The summed E-state index contributed by atoms with van der Waals surface area (Å²) in [5.41, 5.74) is 0. The molecule has 5 heteroatoms. The van der Waals surface area contributed by atoms with Crippen molar-refractivity contribution < 1.29 is 14.3 Å². The number of amides is 1. The van der Waals surface area contributed by atoms with E-state index in [1.54, 1.807) is 7.11 Å². The van der Waals surface area contributed by atoms with Gasteiger partial charge in [0.15, 0.2) is 18.1 Å². The van der Waals surface area contributed by atoms with Gasteiger partial charge in [-0.25, -0.2) is 0 Å². The van der Waals surface area contributed by atoms with Gasteiger partial charge in [0.05, 0.1) is 7.11 Å². The Bertz CT molecular complexity index is 550. The Morgan fingerprint density at radius 2 is 1.80 bits per heavy atom. The fourth-order valence-electron chi connectivity index (χ4n) is 3.97. The molecule has 1 aromatic carbocycles. The molecule has 138 valence electrons. The second-order valence-electron chi connectivity index (χ2n) is 7.23. The lowest BCUT2D eigenvalue weighted by Crippen LogP contribution is -2.46. The highest BCUT2D eigenvalue weighted by Gasteiger charge is 2.24. The van der Waals surface area contributed by atoms with Crippen LogP contribution in [0.15, 0.2) is 24.3 Å². The van der Waals surface area contributed by atoms with Gasteiger partial charge >= 0.3 is 0 Å². The van der Waals surface area contributed by atoms with Crippen LogP contribution in [0.25, 0.3) is 0 Å². The van der Waals surface area contributed by atoms with Gasteiger partial charge in [0.2, 0.25) is 0 Å². The Balaban J connectivity index is 1.36. The molecular formula is C20H30N2O3. The van der Waals surface area contributed by atoms with E-state index < -0.39 is 0 Å². The fourth-order valence-corrected chi connectivity index (χ4v) is 3.97. The summed E-state index contributed by atoms with van der Waals surface area (Å²) in [6.07, 6.45) is 7.68. The Morgan fingerprint density at radius 1 is 1.12 bits per heavy atom. The predicted octanol–water partition coefficient (Wildman–Crippen LogP) is 2.84. The molecule has 1 heterocycles. The first-order valence-electron chi connectivity index (χ1n) is 9.52. The van der Waals surface area contributed by atoms with Gasteiger partial charge in [-0.1, -0.05) is 25.0 Å². The molecule has 2 fully saturated rings. The first-order valence-corrected chi connectivity index (χ1v) is 9.52. The Morgan fingerprint density at radius 3 is 2.48 bits per heavy atom. The Kier molecular flexibility index (Phi) is 6.56. The number of hydrogen-bond donors (Lipinski definition) is 1. The molecule has 1 saturated carbocycles. The zero-order chi connectivity index (χ0) is 17.5. The number of benzene rings is 1. The number of nitrogens with one attached hydrogen (secondary N) is 1. The average Bonchev–Trinajstić information content (AvgIpc) is 3.15. The van der Waals surface area contributed by atoms with Crippen molar-refractivity contribution in [3.8, 4) is 11.5 Å². The largest absolute Gasteiger partial charge is 0.493 e. The van der Waals surface area contributed by atoms with E-state index in [9.17, 15) is 4.79 Å². The van der Waals surface area contributed by atoms with Crippen LogP contribution in [0.3, 0.4) is 0 Å². The van der Waals surface area contributed by atoms with Crippen molar-refractivity contribution in [2.24, 2.45) is 5.92 Å². The Labute approximate surface area is 150 Å². The van der Waals surface area contributed by atoms with Crippen LogP contribution < -0.4 is 14.8 Å². The molecule has 1 aromatic rings. The van der Waals surface area contributed by atoms with Crippen LogP contribution in [0.2, 0.25) is 0 Å². The van der Waals surface area contributed by atoms with Gasteiger partial charge in [-0.3, -0.25) is 4.79 Å². The Hall–Kier alpha value is -1.75. The van der Waals surface area contributed by atoms with E-state index >= 15 is 0 Å². The van der Waals surface area contributed by atoms with Gasteiger partial charge in [-0.2, -0.15) is 0 Å². The van der Waals surface area contributed by atoms with Gasteiger partial charge in [0, 0.05) is 25.7 Å². The summed E-state index contributed by atoms with van der Waals surface area (Å²) in [4.78, 5) is 14.7. The third-order valence-corrected chi connectivity index (χ3v) is 5.37. The molecule has 1 saturated heterocycles. The first kappa shape index (κ1) is 18.1. The maximum Gasteiger partial charge on any atom is 0.258 e. The predicted molar refractivity (Wildman–Crippen MR) is 98.1 cm³/mol. The molecule has 0 spiro atoms. The molecule has 0 bridgehead atoms. The maximum absolute atomic E-state index is 12.2. The highest BCUT2D eigenvalue weighted by Crippen LogP contribution is 2.27. The number of likely N-dealkylation sites (tertiary alicyclic amines) is 1. The van der Waals surface area contributed by atoms with Crippen molar-refractivity contribution in [1.82, 2.24) is 10.2 Å². The van der Waals surface area contributed by atoms with Gasteiger partial charge in [-0.05, 0) is 43.7 Å². The summed E-state index contributed by atoms with van der Waals surface area (Å²) in [5, 5.41) is 3.11. The first-order chi connectivity index (χ1) is 12.2. The van der Waals surface area contributed by atoms with Crippen LogP contribution in [0.4, 0.5) is 0 Å². The number of piperidine rings is 1. The molecule has 0 radical (unpaired) electrons. The molecule has 25 heavy (non-hydrogen) atoms. The highest BCUT2D eigenvalue weighted by molar-refractivity contribution is 5.77. The fraction of sp³-hybridized carbons (Fsp3) is 0.650. The molecule has 0 atom stereocenters. The number of carbonyl (C=O) groups is 1.